The Morgan fingerprint density at radius 1 is 1.00 bits per heavy atom. The molecule has 1 aliphatic heterocycles. The van der Waals surface area contributed by atoms with E-state index in [4.69, 9.17) is 0 Å². The van der Waals surface area contributed by atoms with Crippen molar-refractivity contribution in [3.05, 3.63) is 65.7 Å². The van der Waals surface area contributed by atoms with Crippen molar-refractivity contribution in [2.45, 2.75) is 26.7 Å². The Balaban J connectivity index is 1.64. The quantitative estimate of drug-likeness (QED) is 0.839. The summed E-state index contributed by atoms with van der Waals surface area (Å²) in [4.78, 5) is 29.4. The second-order valence-electron chi connectivity index (χ2n) is 6.80. The van der Waals surface area contributed by atoms with Crippen LogP contribution in [0.15, 0.2) is 54.6 Å². The number of hydrogen-bond acceptors (Lipinski definition) is 2. The molecule has 0 N–H and O–H groups in total. The summed E-state index contributed by atoms with van der Waals surface area (Å²) in [5, 5.41) is 0. The Labute approximate surface area is 155 Å². The zero-order valence-electron chi connectivity index (χ0n) is 15.5. The molecule has 0 atom stereocenters. The molecule has 4 heteroatoms. The van der Waals surface area contributed by atoms with E-state index in [2.05, 4.69) is 0 Å². The molecule has 0 radical (unpaired) electrons. The summed E-state index contributed by atoms with van der Waals surface area (Å²) in [6.45, 7) is 5.89. The number of benzene rings is 2. The largest absolute Gasteiger partial charge is 0.339 e. The summed E-state index contributed by atoms with van der Waals surface area (Å²) in [5.41, 5.74) is 2.70. The third kappa shape index (κ3) is 3.79. The van der Waals surface area contributed by atoms with Gasteiger partial charge in [0.25, 0.3) is 5.91 Å². The van der Waals surface area contributed by atoms with Crippen LogP contribution in [0.1, 0.15) is 35.7 Å². The van der Waals surface area contributed by atoms with Crippen molar-refractivity contribution in [2.75, 3.05) is 24.5 Å². The molecule has 2 aromatic rings. The molecule has 2 aromatic carbocycles. The maximum absolute atomic E-state index is 13.0. The number of likely N-dealkylation sites (tertiary alicyclic amines) is 1. The van der Waals surface area contributed by atoms with E-state index in [-0.39, 0.29) is 17.7 Å². The van der Waals surface area contributed by atoms with Crippen LogP contribution < -0.4 is 4.90 Å². The monoisotopic (exact) mass is 350 g/mol. The van der Waals surface area contributed by atoms with Gasteiger partial charge in [0.05, 0.1) is 0 Å². The van der Waals surface area contributed by atoms with E-state index in [1.165, 1.54) is 0 Å². The average molecular weight is 350 g/mol. The first-order chi connectivity index (χ1) is 12.6. The molecular formula is C22H26N2O2. The number of piperidine rings is 1. The number of aryl methyl sites for hydroxylation is 1. The van der Waals surface area contributed by atoms with Crippen LogP contribution >= 0.6 is 0 Å². The van der Waals surface area contributed by atoms with Crippen molar-refractivity contribution < 1.29 is 9.59 Å². The number of nitrogens with zero attached hydrogens (tertiary/aromatic N) is 2. The fourth-order valence-corrected chi connectivity index (χ4v) is 3.61. The lowest BCUT2D eigenvalue weighted by molar-refractivity contribution is -0.123. The van der Waals surface area contributed by atoms with Gasteiger partial charge in [-0.05, 0) is 50.5 Å². The highest BCUT2D eigenvalue weighted by atomic mass is 16.2. The van der Waals surface area contributed by atoms with E-state index in [0.717, 1.165) is 29.7 Å². The molecule has 26 heavy (non-hydrogen) atoms. The number of amides is 2. The fourth-order valence-electron chi connectivity index (χ4n) is 3.61. The zero-order chi connectivity index (χ0) is 18.5. The topological polar surface area (TPSA) is 40.6 Å². The molecular weight excluding hydrogens is 324 g/mol. The van der Waals surface area contributed by atoms with Gasteiger partial charge in [0.2, 0.25) is 5.91 Å². The van der Waals surface area contributed by atoms with Crippen molar-refractivity contribution in [2.24, 2.45) is 5.92 Å². The lowest BCUT2D eigenvalue weighted by Crippen LogP contribution is -2.44. The number of para-hydroxylation sites is 1. The Morgan fingerprint density at radius 2 is 1.62 bits per heavy atom. The van der Waals surface area contributed by atoms with Gasteiger partial charge in [0.15, 0.2) is 0 Å². The Morgan fingerprint density at radius 3 is 2.23 bits per heavy atom. The van der Waals surface area contributed by atoms with Crippen LogP contribution in [0.3, 0.4) is 0 Å². The van der Waals surface area contributed by atoms with Crippen molar-refractivity contribution in [1.82, 2.24) is 4.90 Å². The third-order valence-corrected chi connectivity index (χ3v) is 5.16. The van der Waals surface area contributed by atoms with Crippen LogP contribution in [0.5, 0.6) is 0 Å². The van der Waals surface area contributed by atoms with Gasteiger partial charge in [-0.3, -0.25) is 9.59 Å². The second kappa shape index (κ2) is 8.17. The highest BCUT2D eigenvalue weighted by molar-refractivity contribution is 5.97. The van der Waals surface area contributed by atoms with Gasteiger partial charge in [-0.1, -0.05) is 36.4 Å². The smallest absolute Gasteiger partial charge is 0.254 e. The first-order valence-corrected chi connectivity index (χ1v) is 9.33. The molecule has 2 amide bonds. The average Bonchev–Trinajstić information content (AvgIpc) is 2.69. The van der Waals surface area contributed by atoms with E-state index in [1.807, 2.05) is 78.2 Å². The molecule has 0 bridgehead atoms. The lowest BCUT2D eigenvalue weighted by atomic mass is 9.94. The molecule has 0 unspecified atom stereocenters. The summed E-state index contributed by atoms with van der Waals surface area (Å²) in [7, 11) is 0. The molecule has 4 nitrogen and oxygen atoms in total. The summed E-state index contributed by atoms with van der Waals surface area (Å²) >= 11 is 0. The number of carbonyl (C=O) groups is 2. The van der Waals surface area contributed by atoms with Gasteiger partial charge < -0.3 is 9.80 Å². The summed E-state index contributed by atoms with van der Waals surface area (Å²) < 4.78 is 0. The van der Waals surface area contributed by atoms with Gasteiger partial charge in [-0.15, -0.1) is 0 Å². The van der Waals surface area contributed by atoms with E-state index >= 15 is 0 Å². The molecule has 0 aromatic heterocycles. The molecule has 0 spiro atoms. The minimum Gasteiger partial charge on any atom is -0.339 e. The molecule has 1 heterocycles. The van der Waals surface area contributed by atoms with Gasteiger partial charge in [-0.2, -0.15) is 0 Å². The normalized spacial score (nSPS) is 14.9. The van der Waals surface area contributed by atoms with Crippen molar-refractivity contribution in [3.63, 3.8) is 0 Å². The van der Waals surface area contributed by atoms with Gasteiger partial charge in [0, 0.05) is 36.8 Å². The number of anilines is 1. The summed E-state index contributed by atoms with van der Waals surface area (Å²) in [6.07, 6.45) is 1.44. The van der Waals surface area contributed by atoms with Gasteiger partial charge in [0.1, 0.15) is 0 Å². The molecule has 1 fully saturated rings. The molecule has 0 aliphatic carbocycles. The lowest BCUT2D eigenvalue weighted by Gasteiger charge is -2.34. The molecule has 0 saturated carbocycles. The predicted octanol–water partition coefficient (Wildman–Crippen LogP) is 3.90. The van der Waals surface area contributed by atoms with Crippen molar-refractivity contribution in [3.8, 4) is 0 Å². The van der Waals surface area contributed by atoms with Gasteiger partial charge in [-0.25, -0.2) is 0 Å². The van der Waals surface area contributed by atoms with Crippen LogP contribution in [0.4, 0.5) is 5.69 Å². The van der Waals surface area contributed by atoms with Crippen molar-refractivity contribution in [1.29, 1.82) is 0 Å². The molecule has 3 rings (SSSR count). The summed E-state index contributed by atoms with van der Waals surface area (Å²) in [6, 6.07) is 17.5. The van der Waals surface area contributed by atoms with Crippen LogP contribution in [0, 0.1) is 12.8 Å². The third-order valence-electron chi connectivity index (χ3n) is 5.16. The minimum atomic E-state index is -0.0175. The summed E-state index contributed by atoms with van der Waals surface area (Å²) in [5.74, 6) is 0.224. The standard InChI is InChI=1S/C22H26N2O2/c1-3-24(19-10-5-4-6-11-19)21(25)18-13-15-23(16-14-18)22(26)20-12-8-7-9-17(20)2/h4-12,18H,3,13-16H2,1-2H3. The van der Waals surface area contributed by atoms with Crippen molar-refractivity contribution >= 4 is 17.5 Å². The van der Waals surface area contributed by atoms with E-state index in [9.17, 15) is 9.59 Å². The van der Waals surface area contributed by atoms with Gasteiger partial charge >= 0.3 is 0 Å². The van der Waals surface area contributed by atoms with E-state index in [0.29, 0.717) is 19.6 Å². The van der Waals surface area contributed by atoms with Crippen LogP contribution in [-0.4, -0.2) is 36.3 Å². The Kier molecular flexibility index (Phi) is 5.71. The Hall–Kier alpha value is -2.62. The molecule has 136 valence electrons. The Bertz CT molecular complexity index is 765. The number of carbonyl (C=O) groups excluding carboxylic acids is 2. The number of rotatable bonds is 4. The zero-order valence-corrected chi connectivity index (χ0v) is 15.5. The molecule has 1 saturated heterocycles. The SMILES string of the molecule is CCN(C(=O)C1CCN(C(=O)c2ccccc2C)CC1)c1ccccc1. The minimum absolute atomic E-state index is 0.0175. The maximum atomic E-state index is 13.0. The first kappa shape index (κ1) is 18.2. The number of hydrogen-bond donors (Lipinski definition) is 0. The van der Waals surface area contributed by atoms with E-state index < -0.39 is 0 Å². The second-order valence-corrected chi connectivity index (χ2v) is 6.80. The molecule has 1 aliphatic rings. The highest BCUT2D eigenvalue weighted by Gasteiger charge is 2.30. The van der Waals surface area contributed by atoms with E-state index in [1.54, 1.807) is 0 Å². The fraction of sp³-hybridized carbons (Fsp3) is 0.364. The predicted molar refractivity (Wildman–Crippen MR) is 104 cm³/mol. The van der Waals surface area contributed by atoms with Crippen LogP contribution in [-0.2, 0) is 4.79 Å². The van der Waals surface area contributed by atoms with Crippen LogP contribution in [0.25, 0.3) is 0 Å². The highest BCUT2D eigenvalue weighted by Crippen LogP contribution is 2.24. The van der Waals surface area contributed by atoms with Crippen LogP contribution in [0.2, 0.25) is 0 Å². The maximum Gasteiger partial charge on any atom is 0.254 e. The first-order valence-electron chi connectivity index (χ1n) is 9.33.